The summed E-state index contributed by atoms with van der Waals surface area (Å²) in [5, 5.41) is 7.63. The van der Waals surface area contributed by atoms with Crippen LogP contribution in [-0.4, -0.2) is 38.0 Å². The highest BCUT2D eigenvalue weighted by molar-refractivity contribution is 7.20. The van der Waals surface area contributed by atoms with Gasteiger partial charge >= 0.3 is 0 Å². The smallest absolute Gasteiger partial charge is 0.214 e. The molecule has 0 spiro atoms. The number of hydrogen-bond acceptors (Lipinski definition) is 7. The van der Waals surface area contributed by atoms with E-state index in [1.54, 1.807) is 23.7 Å². The highest BCUT2D eigenvalue weighted by Crippen LogP contribution is 2.33. The van der Waals surface area contributed by atoms with E-state index >= 15 is 0 Å². The van der Waals surface area contributed by atoms with Crippen molar-refractivity contribution in [2.24, 2.45) is 0 Å². The van der Waals surface area contributed by atoms with E-state index in [-0.39, 0.29) is 11.8 Å². The van der Waals surface area contributed by atoms with E-state index in [1.807, 2.05) is 40.4 Å². The van der Waals surface area contributed by atoms with Gasteiger partial charge in [-0.3, -0.25) is 9.78 Å². The molecule has 1 unspecified atom stereocenters. The lowest BCUT2D eigenvalue weighted by atomic mass is 10.1. The number of carbonyl (C=O) groups excluding carboxylic acids is 1. The van der Waals surface area contributed by atoms with Crippen LogP contribution in [-0.2, 0) is 0 Å². The van der Waals surface area contributed by atoms with Gasteiger partial charge in [-0.15, -0.1) is 16.4 Å². The Morgan fingerprint density at radius 1 is 1.30 bits per heavy atom. The van der Waals surface area contributed by atoms with Gasteiger partial charge in [-0.2, -0.15) is 0 Å². The Kier molecular flexibility index (Phi) is 4.21. The zero-order chi connectivity index (χ0) is 18.2. The third-order valence-electron chi connectivity index (χ3n) is 4.83. The highest BCUT2D eigenvalue weighted by atomic mass is 32.1. The number of ketones is 1. The largest absolute Gasteiger partial charge is 0.343 e. The van der Waals surface area contributed by atoms with Crippen molar-refractivity contribution in [3.8, 4) is 11.3 Å². The topological polar surface area (TPSA) is 63.4 Å². The minimum absolute atomic E-state index is 0.216. The van der Waals surface area contributed by atoms with Gasteiger partial charge in [0, 0.05) is 37.0 Å². The molecular weight excluding hydrogens is 378 g/mol. The molecule has 0 aromatic carbocycles. The van der Waals surface area contributed by atoms with Gasteiger partial charge in [-0.25, -0.2) is 9.50 Å². The lowest BCUT2D eigenvalue weighted by molar-refractivity contribution is 0.0978. The fourth-order valence-corrected chi connectivity index (χ4v) is 5.17. The number of hydrogen-bond donors (Lipinski definition) is 0. The van der Waals surface area contributed by atoms with Crippen LogP contribution in [0.5, 0.6) is 0 Å². The van der Waals surface area contributed by atoms with E-state index in [1.165, 1.54) is 11.3 Å². The third kappa shape index (κ3) is 3.15. The molecule has 1 atom stereocenters. The molecule has 136 valence electrons. The van der Waals surface area contributed by atoms with E-state index in [0.717, 1.165) is 45.6 Å². The minimum atomic E-state index is 0.216. The molecule has 0 bridgehead atoms. The van der Waals surface area contributed by atoms with Crippen molar-refractivity contribution in [1.29, 1.82) is 0 Å². The molecule has 4 aromatic heterocycles. The Balaban J connectivity index is 1.38. The molecule has 0 aliphatic carbocycles. The number of anilines is 1. The summed E-state index contributed by atoms with van der Waals surface area (Å²) in [6.07, 6.45) is 8.16. The van der Waals surface area contributed by atoms with E-state index in [0.29, 0.717) is 6.42 Å². The fourth-order valence-electron chi connectivity index (χ4n) is 3.51. The van der Waals surface area contributed by atoms with Crippen molar-refractivity contribution < 1.29 is 4.79 Å². The van der Waals surface area contributed by atoms with Crippen LogP contribution in [0.25, 0.3) is 16.2 Å². The van der Waals surface area contributed by atoms with Crippen molar-refractivity contribution >= 4 is 38.5 Å². The molecule has 1 aliphatic rings. The van der Waals surface area contributed by atoms with Gasteiger partial charge in [0.25, 0.3) is 0 Å². The van der Waals surface area contributed by atoms with E-state index < -0.39 is 0 Å². The van der Waals surface area contributed by atoms with Gasteiger partial charge in [0.2, 0.25) is 10.1 Å². The van der Waals surface area contributed by atoms with Crippen LogP contribution < -0.4 is 4.90 Å². The summed E-state index contributed by atoms with van der Waals surface area (Å²) in [5.74, 6) is 0.224. The van der Waals surface area contributed by atoms with Crippen LogP contribution in [0.15, 0.2) is 48.2 Å². The molecule has 0 N–H and O–H groups in total. The minimum Gasteiger partial charge on any atom is -0.343 e. The standard InChI is InChI=1S/C19H17N5OS2/c25-16(17-6-3-9-26-17)10-14-5-2-8-23(14)19-22-24-12-15(21-18(24)27-19)13-4-1-7-20-11-13/h1,3-4,6-7,9,11-12,14H,2,5,8,10H2. The number of aromatic nitrogens is 4. The van der Waals surface area contributed by atoms with Crippen LogP contribution in [0, 0.1) is 0 Å². The lowest BCUT2D eigenvalue weighted by Gasteiger charge is -2.22. The first-order valence-electron chi connectivity index (χ1n) is 8.88. The number of fused-ring (bicyclic) bond motifs is 1. The second-order valence-corrected chi connectivity index (χ2v) is 8.46. The monoisotopic (exact) mass is 395 g/mol. The maximum atomic E-state index is 12.5. The molecule has 5 heterocycles. The maximum absolute atomic E-state index is 12.5. The number of rotatable bonds is 5. The Morgan fingerprint density at radius 3 is 3.04 bits per heavy atom. The van der Waals surface area contributed by atoms with Gasteiger partial charge < -0.3 is 4.90 Å². The first kappa shape index (κ1) is 16.6. The predicted octanol–water partition coefficient (Wildman–Crippen LogP) is 4.16. The van der Waals surface area contributed by atoms with E-state index in [2.05, 4.69) is 14.9 Å². The molecule has 0 radical (unpaired) electrons. The Bertz CT molecular complexity index is 1040. The lowest BCUT2D eigenvalue weighted by Crippen LogP contribution is -2.31. The summed E-state index contributed by atoms with van der Waals surface area (Å²) in [6, 6.07) is 7.95. The van der Waals surface area contributed by atoms with Crippen molar-refractivity contribution in [3.63, 3.8) is 0 Å². The zero-order valence-corrected chi connectivity index (χ0v) is 16.1. The SMILES string of the molecule is O=C(CC1CCCN1c1nn2cc(-c3cccnc3)nc2s1)c1cccs1. The number of carbonyl (C=O) groups is 1. The normalized spacial score (nSPS) is 17.0. The summed E-state index contributed by atoms with van der Waals surface area (Å²) in [4.78, 5) is 25.3. The third-order valence-corrected chi connectivity index (χ3v) is 6.70. The van der Waals surface area contributed by atoms with Gasteiger partial charge in [0.1, 0.15) is 0 Å². The molecule has 4 aromatic rings. The average Bonchev–Trinajstić information content (AvgIpc) is 3.45. The summed E-state index contributed by atoms with van der Waals surface area (Å²) in [5.41, 5.74) is 1.86. The summed E-state index contributed by atoms with van der Waals surface area (Å²) >= 11 is 3.09. The molecule has 1 saturated heterocycles. The van der Waals surface area contributed by atoms with E-state index in [4.69, 9.17) is 5.10 Å². The van der Waals surface area contributed by atoms with Crippen LogP contribution in [0.2, 0.25) is 0 Å². The Morgan fingerprint density at radius 2 is 2.26 bits per heavy atom. The number of pyridine rings is 1. The van der Waals surface area contributed by atoms with Crippen molar-refractivity contribution in [1.82, 2.24) is 19.6 Å². The molecule has 1 aliphatic heterocycles. The molecule has 8 heteroatoms. The van der Waals surface area contributed by atoms with Crippen LogP contribution in [0.4, 0.5) is 5.13 Å². The van der Waals surface area contributed by atoms with Gasteiger partial charge in [-0.1, -0.05) is 17.4 Å². The molecule has 5 rings (SSSR count). The number of imidazole rings is 1. The first-order valence-corrected chi connectivity index (χ1v) is 10.6. The summed E-state index contributed by atoms with van der Waals surface area (Å²) in [6.45, 7) is 0.939. The van der Waals surface area contributed by atoms with Crippen molar-refractivity contribution in [2.45, 2.75) is 25.3 Å². The Hall–Kier alpha value is -2.58. The molecule has 0 amide bonds. The maximum Gasteiger partial charge on any atom is 0.214 e. The summed E-state index contributed by atoms with van der Waals surface area (Å²) < 4.78 is 1.83. The number of thiophene rings is 1. The van der Waals surface area contributed by atoms with E-state index in [9.17, 15) is 4.79 Å². The Labute approximate surface area is 164 Å². The van der Waals surface area contributed by atoms with Crippen LogP contribution >= 0.6 is 22.7 Å². The van der Waals surface area contributed by atoms with Crippen LogP contribution in [0.3, 0.4) is 0 Å². The highest BCUT2D eigenvalue weighted by Gasteiger charge is 2.30. The van der Waals surface area contributed by atoms with Gasteiger partial charge in [-0.05, 0) is 36.4 Å². The predicted molar refractivity (Wildman–Crippen MR) is 108 cm³/mol. The van der Waals surface area contributed by atoms with Crippen molar-refractivity contribution in [3.05, 3.63) is 53.1 Å². The second kappa shape index (κ2) is 6.86. The first-order chi connectivity index (χ1) is 13.3. The number of nitrogens with zero attached hydrogens (tertiary/aromatic N) is 5. The molecular formula is C19H17N5OS2. The quantitative estimate of drug-likeness (QED) is 0.475. The van der Waals surface area contributed by atoms with Crippen LogP contribution in [0.1, 0.15) is 28.9 Å². The fraction of sp³-hybridized carbons (Fsp3) is 0.263. The van der Waals surface area contributed by atoms with Crippen molar-refractivity contribution in [2.75, 3.05) is 11.4 Å². The molecule has 0 saturated carbocycles. The van der Waals surface area contributed by atoms with Gasteiger partial charge in [0.15, 0.2) is 5.78 Å². The van der Waals surface area contributed by atoms with Gasteiger partial charge in [0.05, 0.1) is 16.8 Å². The summed E-state index contributed by atoms with van der Waals surface area (Å²) in [7, 11) is 0. The number of Topliss-reactive ketones (excluding diaryl/α,β-unsaturated/α-hetero) is 1. The molecule has 1 fully saturated rings. The molecule has 6 nitrogen and oxygen atoms in total. The molecule has 27 heavy (non-hydrogen) atoms. The second-order valence-electron chi connectivity index (χ2n) is 6.57. The zero-order valence-electron chi connectivity index (χ0n) is 14.5. The average molecular weight is 396 g/mol.